The summed E-state index contributed by atoms with van der Waals surface area (Å²) in [6.45, 7) is 0.666. The summed E-state index contributed by atoms with van der Waals surface area (Å²) >= 11 is 0. The molecule has 5 N–H and O–H groups in total. The van der Waals surface area contributed by atoms with Gasteiger partial charge in [0.25, 0.3) is 0 Å². The monoisotopic (exact) mass is 273 g/mol. The molecule has 8 heteroatoms. The second-order valence-corrected chi connectivity index (χ2v) is 4.59. The van der Waals surface area contributed by atoms with Gasteiger partial charge in [0.2, 0.25) is 5.91 Å². The summed E-state index contributed by atoms with van der Waals surface area (Å²) in [4.78, 5) is 34.8. The van der Waals surface area contributed by atoms with E-state index in [-0.39, 0.29) is 19.4 Å². The summed E-state index contributed by atoms with van der Waals surface area (Å²) in [7, 11) is 0. The molecule has 1 rings (SSSR count). The Morgan fingerprint density at radius 3 is 2.63 bits per heavy atom. The zero-order chi connectivity index (χ0) is 14.4. The van der Waals surface area contributed by atoms with Crippen LogP contribution in [0.5, 0.6) is 0 Å². The van der Waals surface area contributed by atoms with E-state index in [1.54, 1.807) is 0 Å². The van der Waals surface area contributed by atoms with E-state index in [9.17, 15) is 19.5 Å². The largest absolute Gasteiger partial charge is 0.480 e. The number of nitrogens with one attached hydrogen (secondary N) is 1. The Morgan fingerprint density at radius 2 is 2.11 bits per heavy atom. The number of aliphatic carboxylic acids is 1. The van der Waals surface area contributed by atoms with Crippen molar-refractivity contribution < 1.29 is 24.6 Å². The van der Waals surface area contributed by atoms with Crippen molar-refractivity contribution in [1.82, 2.24) is 10.2 Å². The molecule has 0 aliphatic carbocycles. The van der Waals surface area contributed by atoms with Crippen molar-refractivity contribution >= 4 is 17.9 Å². The summed E-state index contributed by atoms with van der Waals surface area (Å²) in [6.07, 6.45) is 0.571. The van der Waals surface area contributed by atoms with E-state index in [1.165, 1.54) is 4.90 Å². The van der Waals surface area contributed by atoms with Crippen LogP contribution in [-0.2, 0) is 9.59 Å². The van der Waals surface area contributed by atoms with Gasteiger partial charge >= 0.3 is 12.0 Å². The number of carboxylic acids is 1. The second-order valence-electron chi connectivity index (χ2n) is 4.59. The number of piperidine rings is 1. The maximum Gasteiger partial charge on any atom is 0.326 e. The number of aliphatic hydroxyl groups is 1. The van der Waals surface area contributed by atoms with Gasteiger partial charge in [-0.05, 0) is 19.3 Å². The topological polar surface area (TPSA) is 133 Å². The van der Waals surface area contributed by atoms with Gasteiger partial charge in [0.05, 0.1) is 6.10 Å². The van der Waals surface area contributed by atoms with Crippen LogP contribution >= 0.6 is 0 Å². The number of carbonyl (C=O) groups is 3. The van der Waals surface area contributed by atoms with Gasteiger partial charge in [-0.3, -0.25) is 4.79 Å². The third-order valence-electron chi connectivity index (χ3n) is 2.96. The number of primary amides is 1. The Morgan fingerprint density at radius 1 is 1.42 bits per heavy atom. The van der Waals surface area contributed by atoms with Gasteiger partial charge in [0, 0.05) is 19.5 Å². The number of likely N-dealkylation sites (tertiary alicyclic amines) is 1. The van der Waals surface area contributed by atoms with Crippen LogP contribution < -0.4 is 11.1 Å². The SMILES string of the molecule is NC(=O)CCC(NC(=O)N1CCCC(O)C1)C(=O)O. The van der Waals surface area contributed by atoms with Crippen LogP contribution in [-0.4, -0.2) is 58.3 Å². The summed E-state index contributed by atoms with van der Waals surface area (Å²) < 4.78 is 0. The van der Waals surface area contributed by atoms with E-state index < -0.39 is 30.1 Å². The van der Waals surface area contributed by atoms with E-state index >= 15 is 0 Å². The summed E-state index contributed by atoms with van der Waals surface area (Å²) in [6, 6.07) is -1.70. The molecule has 3 amide bonds. The average Bonchev–Trinajstić information content (AvgIpc) is 2.33. The fraction of sp³-hybridized carbons (Fsp3) is 0.727. The molecule has 1 saturated heterocycles. The van der Waals surface area contributed by atoms with Gasteiger partial charge in [0.15, 0.2) is 0 Å². The number of carbonyl (C=O) groups excluding carboxylic acids is 2. The quantitative estimate of drug-likeness (QED) is 0.503. The van der Waals surface area contributed by atoms with Gasteiger partial charge in [-0.1, -0.05) is 0 Å². The van der Waals surface area contributed by atoms with Crippen molar-refractivity contribution in [2.24, 2.45) is 5.73 Å². The van der Waals surface area contributed by atoms with Crippen molar-refractivity contribution in [3.63, 3.8) is 0 Å². The molecule has 2 unspecified atom stereocenters. The number of nitrogens with zero attached hydrogens (tertiary/aromatic N) is 1. The molecule has 2 atom stereocenters. The van der Waals surface area contributed by atoms with Gasteiger partial charge < -0.3 is 26.2 Å². The molecule has 0 aromatic rings. The molecule has 0 saturated carbocycles. The van der Waals surface area contributed by atoms with Crippen molar-refractivity contribution in [2.45, 2.75) is 37.8 Å². The van der Waals surface area contributed by atoms with Crippen LogP contribution in [0, 0.1) is 0 Å². The Hall–Kier alpha value is -1.83. The molecule has 1 heterocycles. The van der Waals surface area contributed by atoms with Gasteiger partial charge in [0.1, 0.15) is 6.04 Å². The standard InChI is InChI=1S/C11H19N3O5/c12-9(16)4-3-8(10(17)18)13-11(19)14-5-1-2-7(15)6-14/h7-8,15H,1-6H2,(H2,12,16)(H,13,19)(H,17,18). The zero-order valence-corrected chi connectivity index (χ0v) is 10.5. The average molecular weight is 273 g/mol. The van der Waals surface area contributed by atoms with E-state index in [4.69, 9.17) is 10.8 Å². The minimum Gasteiger partial charge on any atom is -0.480 e. The first kappa shape index (κ1) is 15.2. The molecule has 1 aliphatic rings. The number of carboxylic acid groups (broad SMARTS) is 1. The molecule has 0 spiro atoms. The molecule has 0 aromatic heterocycles. The molecule has 1 fully saturated rings. The Bertz CT molecular complexity index is 360. The highest BCUT2D eigenvalue weighted by Gasteiger charge is 2.26. The number of urea groups is 1. The van der Waals surface area contributed by atoms with E-state index in [0.717, 1.165) is 0 Å². The lowest BCUT2D eigenvalue weighted by atomic mass is 10.1. The van der Waals surface area contributed by atoms with E-state index in [1.807, 2.05) is 0 Å². The normalized spacial score (nSPS) is 20.7. The third-order valence-corrected chi connectivity index (χ3v) is 2.96. The first-order valence-corrected chi connectivity index (χ1v) is 6.14. The van der Waals surface area contributed by atoms with Gasteiger partial charge in [-0.15, -0.1) is 0 Å². The van der Waals surface area contributed by atoms with Crippen LogP contribution in [0.2, 0.25) is 0 Å². The zero-order valence-electron chi connectivity index (χ0n) is 10.5. The molecular formula is C11H19N3O5. The first-order valence-electron chi connectivity index (χ1n) is 6.14. The lowest BCUT2D eigenvalue weighted by Gasteiger charge is -2.31. The van der Waals surface area contributed by atoms with Crippen molar-refractivity contribution in [1.29, 1.82) is 0 Å². The summed E-state index contributed by atoms with van der Waals surface area (Å²) in [5, 5.41) is 20.7. The van der Waals surface area contributed by atoms with Crippen LogP contribution in [0.25, 0.3) is 0 Å². The number of nitrogens with two attached hydrogens (primary N) is 1. The number of aliphatic hydroxyl groups excluding tert-OH is 1. The summed E-state index contributed by atoms with van der Waals surface area (Å²) in [5.41, 5.74) is 4.94. The van der Waals surface area contributed by atoms with Gasteiger partial charge in [-0.2, -0.15) is 0 Å². The predicted molar refractivity (Wildman–Crippen MR) is 65.2 cm³/mol. The minimum absolute atomic E-state index is 0.0488. The van der Waals surface area contributed by atoms with Crippen molar-refractivity contribution in [3.05, 3.63) is 0 Å². The van der Waals surface area contributed by atoms with Crippen LogP contribution in [0.15, 0.2) is 0 Å². The number of β-amino-alcohol motifs (C(OH)–C–C–N with tert-alkyl or cyclic N) is 1. The van der Waals surface area contributed by atoms with Crippen molar-refractivity contribution in [3.8, 4) is 0 Å². The molecule has 19 heavy (non-hydrogen) atoms. The third kappa shape index (κ3) is 5.12. The van der Waals surface area contributed by atoms with Gasteiger partial charge in [-0.25, -0.2) is 9.59 Å². The van der Waals surface area contributed by atoms with Crippen LogP contribution in [0.3, 0.4) is 0 Å². The highest BCUT2D eigenvalue weighted by atomic mass is 16.4. The predicted octanol–water partition coefficient (Wildman–Crippen LogP) is -1.13. The van der Waals surface area contributed by atoms with Crippen LogP contribution in [0.4, 0.5) is 4.79 Å². The number of amides is 3. The molecule has 108 valence electrons. The maximum absolute atomic E-state index is 11.8. The fourth-order valence-corrected chi connectivity index (χ4v) is 1.92. The highest BCUT2D eigenvalue weighted by Crippen LogP contribution is 2.10. The van der Waals surface area contributed by atoms with Crippen LogP contribution in [0.1, 0.15) is 25.7 Å². The number of rotatable bonds is 5. The Kier molecular flexibility index (Phi) is 5.56. The summed E-state index contributed by atoms with van der Waals surface area (Å²) in [5.74, 6) is -1.83. The fourth-order valence-electron chi connectivity index (χ4n) is 1.92. The molecule has 0 aromatic carbocycles. The van der Waals surface area contributed by atoms with Crippen molar-refractivity contribution in [2.75, 3.05) is 13.1 Å². The maximum atomic E-state index is 11.8. The highest BCUT2D eigenvalue weighted by molar-refractivity contribution is 5.83. The molecular weight excluding hydrogens is 254 g/mol. The Balaban J connectivity index is 2.50. The lowest BCUT2D eigenvalue weighted by Crippen LogP contribution is -2.51. The number of hydrogen-bond donors (Lipinski definition) is 4. The smallest absolute Gasteiger partial charge is 0.326 e. The van der Waals surface area contributed by atoms with E-state index in [2.05, 4.69) is 5.32 Å². The second kappa shape index (κ2) is 6.93. The Labute approximate surface area is 110 Å². The number of hydrogen-bond acceptors (Lipinski definition) is 4. The minimum atomic E-state index is -1.22. The van der Waals surface area contributed by atoms with E-state index in [0.29, 0.717) is 19.4 Å². The first-order chi connectivity index (χ1) is 8.90. The molecule has 0 radical (unpaired) electrons. The molecule has 1 aliphatic heterocycles. The lowest BCUT2D eigenvalue weighted by molar-refractivity contribution is -0.139. The molecule has 8 nitrogen and oxygen atoms in total. The molecule has 0 bridgehead atoms.